The molecule has 0 aliphatic heterocycles. The minimum atomic E-state index is -4.79. The summed E-state index contributed by atoms with van der Waals surface area (Å²) in [5, 5.41) is 13.8. The smallest absolute Gasteiger partial charge is 0.393 e. The molecule has 0 aliphatic rings. The lowest BCUT2D eigenvalue weighted by Gasteiger charge is -2.33. The molecule has 11 heteroatoms. The largest absolute Gasteiger partial charge is 0.423 e. The molecule has 1 aromatic carbocycles. The number of aliphatic hydroxyl groups excluding tert-OH is 1. The van der Waals surface area contributed by atoms with Crippen LogP contribution in [0.4, 0.5) is 18.9 Å². The number of anilines is 1. The molecule has 0 amide bonds. The van der Waals surface area contributed by atoms with Crippen LogP contribution in [-0.4, -0.2) is 46.5 Å². The van der Waals surface area contributed by atoms with E-state index in [2.05, 4.69) is 14.8 Å². The van der Waals surface area contributed by atoms with E-state index in [9.17, 15) is 26.7 Å². The predicted molar refractivity (Wildman–Crippen MR) is 96.3 cm³/mol. The summed E-state index contributed by atoms with van der Waals surface area (Å²) in [6.07, 6.45) is -4.79. The van der Waals surface area contributed by atoms with Gasteiger partial charge in [-0.1, -0.05) is 18.2 Å². The summed E-state index contributed by atoms with van der Waals surface area (Å²) >= 11 is 1.10. The summed E-state index contributed by atoms with van der Waals surface area (Å²) in [6, 6.07) is 8.32. The Hall–Kier alpha value is -1.66. The molecule has 2 aromatic rings. The number of nitrogens with one attached hydrogen (secondary N) is 2. The lowest BCUT2D eigenvalue weighted by molar-refractivity contribution is -0.287. The van der Waals surface area contributed by atoms with E-state index in [4.69, 9.17) is 0 Å². The molecule has 1 atom stereocenters. The molecule has 1 aromatic heterocycles. The second kappa shape index (κ2) is 8.57. The average molecular weight is 424 g/mol. The van der Waals surface area contributed by atoms with E-state index in [0.29, 0.717) is 5.69 Å². The van der Waals surface area contributed by atoms with Gasteiger partial charge in [-0.25, -0.2) is 13.1 Å². The van der Waals surface area contributed by atoms with Gasteiger partial charge in [0.1, 0.15) is 4.21 Å². The van der Waals surface area contributed by atoms with Gasteiger partial charge in [0.15, 0.2) is 0 Å². The molecule has 0 spiro atoms. The van der Waals surface area contributed by atoms with Crippen molar-refractivity contribution >= 4 is 27.0 Å². The predicted octanol–water partition coefficient (Wildman–Crippen LogP) is 2.53. The van der Waals surface area contributed by atoms with Gasteiger partial charge in [-0.2, -0.15) is 13.2 Å². The normalized spacial score (nSPS) is 14.7. The topological polar surface area (TPSA) is 87.7 Å². The van der Waals surface area contributed by atoms with Crippen molar-refractivity contribution in [1.82, 2.24) is 4.72 Å². The van der Waals surface area contributed by atoms with Gasteiger partial charge in [-0.15, -0.1) is 11.3 Å². The zero-order valence-electron chi connectivity index (χ0n) is 14.3. The molecule has 0 fully saturated rings. The van der Waals surface area contributed by atoms with E-state index < -0.39 is 28.4 Å². The summed E-state index contributed by atoms with van der Waals surface area (Å²) in [7, 11) is -2.68. The highest BCUT2D eigenvalue weighted by molar-refractivity contribution is 7.91. The van der Waals surface area contributed by atoms with Crippen molar-refractivity contribution in [3.8, 4) is 0 Å². The summed E-state index contributed by atoms with van der Waals surface area (Å²) < 4.78 is 70.9. The van der Waals surface area contributed by atoms with Crippen molar-refractivity contribution in [3.63, 3.8) is 0 Å². The molecular weight excluding hydrogens is 405 g/mol. The van der Waals surface area contributed by atoms with E-state index in [1.54, 1.807) is 11.4 Å². The fraction of sp³-hybridized carbons (Fsp3) is 0.375. The third-order valence-corrected chi connectivity index (χ3v) is 6.74. The molecule has 0 bridgehead atoms. The Kier molecular flexibility index (Phi) is 6.87. The van der Waals surface area contributed by atoms with E-state index in [1.165, 1.54) is 30.3 Å². The Bertz CT molecular complexity index is 818. The number of aliphatic hydroxyl groups is 1. The maximum absolute atomic E-state index is 13.3. The van der Waals surface area contributed by atoms with Crippen LogP contribution in [0.1, 0.15) is 5.56 Å². The maximum Gasteiger partial charge on any atom is 0.423 e. The number of halogens is 3. The Morgan fingerprint density at radius 2 is 1.81 bits per heavy atom. The van der Waals surface area contributed by atoms with Gasteiger partial charge in [-0.3, -0.25) is 0 Å². The van der Waals surface area contributed by atoms with Crippen LogP contribution in [0.5, 0.6) is 0 Å². The van der Waals surface area contributed by atoms with Crippen LogP contribution in [0, 0.1) is 0 Å². The van der Waals surface area contributed by atoms with Crippen molar-refractivity contribution in [1.29, 1.82) is 0 Å². The van der Waals surface area contributed by atoms with Crippen molar-refractivity contribution in [3.05, 3.63) is 47.3 Å². The third-order valence-electron chi connectivity index (χ3n) is 3.89. The maximum atomic E-state index is 13.3. The quantitative estimate of drug-likeness (QED) is 0.539. The monoisotopic (exact) mass is 424 g/mol. The molecule has 0 saturated heterocycles. The first kappa shape index (κ1) is 21.6. The standard InChI is InChI=1S/C16H19F3N2O4S2/c1-25-15(11-22,16(17,18)19)12-4-6-13(7-5-12)20-8-9-21-27(23,24)14-3-2-10-26-14/h2-7,10,20-22H,8-9,11H2,1H3. The summed E-state index contributed by atoms with van der Waals surface area (Å²) in [6.45, 7) is -0.911. The van der Waals surface area contributed by atoms with Crippen molar-refractivity contribution in [2.75, 3.05) is 32.1 Å². The zero-order valence-corrected chi connectivity index (χ0v) is 15.9. The van der Waals surface area contributed by atoms with Crippen LogP contribution in [0.3, 0.4) is 0 Å². The van der Waals surface area contributed by atoms with Crippen LogP contribution >= 0.6 is 11.3 Å². The number of ether oxygens (including phenoxy) is 1. The SMILES string of the molecule is COC(CO)(c1ccc(NCCNS(=O)(=O)c2cccs2)cc1)C(F)(F)F. The number of methoxy groups -OCH3 is 1. The lowest BCUT2D eigenvalue weighted by atomic mass is 9.93. The number of thiophene rings is 1. The molecule has 1 unspecified atom stereocenters. The molecular formula is C16H19F3N2O4S2. The third kappa shape index (κ3) is 4.79. The first-order chi connectivity index (χ1) is 12.7. The zero-order chi connectivity index (χ0) is 20.1. The Balaban J connectivity index is 1.96. The van der Waals surface area contributed by atoms with Gasteiger partial charge in [0, 0.05) is 25.9 Å². The number of alkyl halides is 3. The fourth-order valence-electron chi connectivity index (χ4n) is 2.38. The number of sulfonamides is 1. The molecule has 2 rings (SSSR count). The molecule has 6 nitrogen and oxygen atoms in total. The fourth-order valence-corrected chi connectivity index (χ4v) is 4.45. The molecule has 150 valence electrons. The van der Waals surface area contributed by atoms with Gasteiger partial charge in [0.2, 0.25) is 15.6 Å². The van der Waals surface area contributed by atoms with Crippen LogP contribution in [0.25, 0.3) is 0 Å². The first-order valence-electron chi connectivity index (χ1n) is 7.76. The van der Waals surface area contributed by atoms with Gasteiger partial charge in [0.05, 0.1) is 6.61 Å². The highest BCUT2D eigenvalue weighted by Crippen LogP contribution is 2.41. The molecule has 3 N–H and O–H groups in total. The molecule has 0 radical (unpaired) electrons. The van der Waals surface area contributed by atoms with Gasteiger partial charge in [-0.05, 0) is 29.1 Å². The van der Waals surface area contributed by atoms with Crippen molar-refractivity contribution in [2.24, 2.45) is 0 Å². The second-order valence-electron chi connectivity index (χ2n) is 5.52. The van der Waals surface area contributed by atoms with E-state index in [1.807, 2.05) is 0 Å². The second-order valence-corrected chi connectivity index (χ2v) is 8.46. The Morgan fingerprint density at radius 1 is 1.15 bits per heavy atom. The highest BCUT2D eigenvalue weighted by atomic mass is 32.2. The van der Waals surface area contributed by atoms with E-state index in [-0.39, 0.29) is 22.9 Å². The summed E-state index contributed by atoms with van der Waals surface area (Å²) in [5.74, 6) is 0. The minimum Gasteiger partial charge on any atom is -0.393 e. The molecule has 1 heterocycles. The molecule has 0 aliphatic carbocycles. The van der Waals surface area contributed by atoms with Crippen LogP contribution < -0.4 is 10.0 Å². The Labute approximate surface area is 159 Å². The highest BCUT2D eigenvalue weighted by Gasteiger charge is 2.56. The van der Waals surface area contributed by atoms with Gasteiger partial charge >= 0.3 is 6.18 Å². The average Bonchev–Trinajstić information content (AvgIpc) is 3.16. The van der Waals surface area contributed by atoms with Gasteiger partial charge < -0.3 is 15.2 Å². The van der Waals surface area contributed by atoms with E-state index in [0.717, 1.165) is 18.4 Å². The van der Waals surface area contributed by atoms with E-state index >= 15 is 0 Å². The summed E-state index contributed by atoms with van der Waals surface area (Å²) in [5.41, 5.74) is -2.52. The number of hydrogen-bond acceptors (Lipinski definition) is 6. The lowest BCUT2D eigenvalue weighted by Crippen LogP contribution is -2.47. The minimum absolute atomic E-state index is 0.100. The Morgan fingerprint density at radius 3 is 2.30 bits per heavy atom. The number of benzene rings is 1. The number of hydrogen-bond donors (Lipinski definition) is 3. The molecule has 27 heavy (non-hydrogen) atoms. The van der Waals surface area contributed by atoms with Gasteiger partial charge in [0.25, 0.3) is 0 Å². The van der Waals surface area contributed by atoms with Crippen LogP contribution in [0.15, 0.2) is 46.0 Å². The van der Waals surface area contributed by atoms with Crippen LogP contribution in [-0.2, 0) is 20.4 Å². The molecule has 0 saturated carbocycles. The number of rotatable bonds is 9. The van der Waals surface area contributed by atoms with Crippen molar-refractivity contribution in [2.45, 2.75) is 16.0 Å². The summed E-state index contributed by atoms with van der Waals surface area (Å²) in [4.78, 5) is 0. The first-order valence-corrected chi connectivity index (χ1v) is 10.1. The van der Waals surface area contributed by atoms with Crippen molar-refractivity contribution < 1.29 is 31.4 Å². The van der Waals surface area contributed by atoms with Crippen LogP contribution in [0.2, 0.25) is 0 Å².